The summed E-state index contributed by atoms with van der Waals surface area (Å²) in [5, 5.41) is 11.1. The smallest absolute Gasteiger partial charge is 0.287 e. The number of anilines is 1. The summed E-state index contributed by atoms with van der Waals surface area (Å²) in [5.41, 5.74) is 0.459. The maximum atomic E-state index is 12.1. The van der Waals surface area contributed by atoms with Crippen LogP contribution in [0.5, 0.6) is 0 Å². The van der Waals surface area contributed by atoms with E-state index in [1.165, 1.54) is 4.68 Å². The van der Waals surface area contributed by atoms with Crippen LogP contribution in [-0.2, 0) is 6.54 Å². The number of hydrogen-bond acceptors (Lipinski definition) is 4. The molecule has 2 N–H and O–H groups in total. The van der Waals surface area contributed by atoms with Gasteiger partial charge in [-0.25, -0.2) is 4.68 Å². The molecule has 1 saturated heterocycles. The first kappa shape index (κ1) is 14.3. The molecule has 0 radical (unpaired) electrons. The Labute approximate surface area is 118 Å². The molecule has 1 aromatic heterocycles. The molecule has 0 unspecified atom stereocenters. The van der Waals surface area contributed by atoms with Crippen molar-refractivity contribution in [1.29, 1.82) is 0 Å². The summed E-state index contributed by atoms with van der Waals surface area (Å²) in [6, 6.07) is 0.367. The molecule has 0 spiro atoms. The number of piperidine rings is 1. The van der Waals surface area contributed by atoms with E-state index in [2.05, 4.69) is 22.7 Å². The van der Waals surface area contributed by atoms with Crippen LogP contribution >= 0.6 is 11.6 Å². The van der Waals surface area contributed by atoms with Crippen molar-refractivity contribution in [3.8, 4) is 0 Å². The Morgan fingerprint density at radius 1 is 1.53 bits per heavy atom. The van der Waals surface area contributed by atoms with Crippen molar-refractivity contribution in [2.75, 3.05) is 18.4 Å². The number of halogens is 1. The van der Waals surface area contributed by atoms with Gasteiger partial charge in [-0.05, 0) is 32.4 Å². The zero-order valence-corrected chi connectivity index (χ0v) is 12.0. The number of nitrogens with zero attached hydrogens (tertiary/aromatic N) is 2. The van der Waals surface area contributed by atoms with E-state index in [1.807, 2.05) is 0 Å². The second-order valence-electron chi connectivity index (χ2n) is 4.92. The highest BCUT2D eigenvalue weighted by Gasteiger charge is 2.16. The second kappa shape index (κ2) is 6.91. The van der Waals surface area contributed by atoms with Gasteiger partial charge in [0.25, 0.3) is 5.56 Å². The molecule has 19 heavy (non-hydrogen) atoms. The molecule has 0 aromatic carbocycles. The van der Waals surface area contributed by atoms with E-state index in [1.54, 1.807) is 6.20 Å². The maximum Gasteiger partial charge on any atom is 0.287 e. The van der Waals surface area contributed by atoms with Crippen LogP contribution in [0, 0.1) is 0 Å². The van der Waals surface area contributed by atoms with Crippen LogP contribution < -0.4 is 16.2 Å². The van der Waals surface area contributed by atoms with Gasteiger partial charge in [0, 0.05) is 12.6 Å². The highest BCUT2D eigenvalue weighted by atomic mass is 35.5. The van der Waals surface area contributed by atoms with Crippen molar-refractivity contribution in [3.63, 3.8) is 0 Å². The third-order valence-electron chi connectivity index (χ3n) is 3.41. The molecule has 0 bridgehead atoms. The van der Waals surface area contributed by atoms with Crippen LogP contribution in [0.1, 0.15) is 32.6 Å². The Morgan fingerprint density at radius 2 is 2.26 bits per heavy atom. The quantitative estimate of drug-likeness (QED) is 0.866. The van der Waals surface area contributed by atoms with Crippen LogP contribution in [0.3, 0.4) is 0 Å². The molecule has 0 atom stereocenters. The predicted octanol–water partition coefficient (Wildman–Crippen LogP) is 1.86. The summed E-state index contributed by atoms with van der Waals surface area (Å²) in [6.07, 6.45) is 5.71. The summed E-state index contributed by atoms with van der Waals surface area (Å²) < 4.78 is 1.44. The summed E-state index contributed by atoms with van der Waals surface area (Å²) in [7, 11) is 0. The minimum Gasteiger partial charge on any atom is -0.380 e. The largest absolute Gasteiger partial charge is 0.380 e. The second-order valence-corrected chi connectivity index (χ2v) is 5.30. The average molecular weight is 285 g/mol. The van der Waals surface area contributed by atoms with Crippen LogP contribution in [0.4, 0.5) is 5.69 Å². The maximum absolute atomic E-state index is 12.1. The normalized spacial score (nSPS) is 16.5. The summed E-state index contributed by atoms with van der Waals surface area (Å²) in [5.74, 6) is 0. The monoisotopic (exact) mass is 284 g/mol. The zero-order chi connectivity index (χ0) is 13.7. The molecule has 5 nitrogen and oxygen atoms in total. The number of hydrogen-bond donors (Lipinski definition) is 2. The molecule has 1 aliphatic heterocycles. The zero-order valence-electron chi connectivity index (χ0n) is 11.3. The Hall–Kier alpha value is -1.07. The highest BCUT2D eigenvalue weighted by molar-refractivity contribution is 6.32. The SMILES string of the molecule is CCCCn1ncc(NC2CCNCC2)c(Cl)c1=O. The predicted molar refractivity (Wildman–Crippen MR) is 77.9 cm³/mol. The van der Waals surface area contributed by atoms with Gasteiger partial charge < -0.3 is 10.6 Å². The molecule has 1 fully saturated rings. The van der Waals surface area contributed by atoms with Crippen molar-refractivity contribution >= 4 is 17.3 Å². The molecule has 0 amide bonds. The fraction of sp³-hybridized carbons (Fsp3) is 0.692. The lowest BCUT2D eigenvalue weighted by Crippen LogP contribution is -2.36. The van der Waals surface area contributed by atoms with E-state index in [-0.39, 0.29) is 10.6 Å². The topological polar surface area (TPSA) is 59.0 Å². The molecule has 0 saturated carbocycles. The minimum atomic E-state index is -0.200. The van der Waals surface area contributed by atoms with Gasteiger partial charge in [0.1, 0.15) is 5.02 Å². The van der Waals surface area contributed by atoms with Crippen LogP contribution in [-0.4, -0.2) is 28.9 Å². The van der Waals surface area contributed by atoms with Crippen molar-refractivity contribution in [3.05, 3.63) is 21.6 Å². The van der Waals surface area contributed by atoms with Crippen molar-refractivity contribution < 1.29 is 0 Å². The summed E-state index contributed by atoms with van der Waals surface area (Å²) >= 11 is 6.15. The lowest BCUT2D eigenvalue weighted by atomic mass is 10.1. The summed E-state index contributed by atoms with van der Waals surface area (Å²) in [4.78, 5) is 12.1. The third-order valence-corrected chi connectivity index (χ3v) is 3.77. The van der Waals surface area contributed by atoms with E-state index in [4.69, 9.17) is 11.6 Å². The van der Waals surface area contributed by atoms with E-state index < -0.39 is 0 Å². The molecule has 0 aliphatic carbocycles. The van der Waals surface area contributed by atoms with Crippen LogP contribution in [0.15, 0.2) is 11.0 Å². The first-order valence-corrected chi connectivity index (χ1v) is 7.33. The molecular weight excluding hydrogens is 264 g/mol. The van der Waals surface area contributed by atoms with Crippen LogP contribution in [0.25, 0.3) is 0 Å². The number of nitrogens with one attached hydrogen (secondary N) is 2. The average Bonchev–Trinajstić information content (AvgIpc) is 2.44. The van der Waals surface area contributed by atoms with E-state index in [0.717, 1.165) is 38.8 Å². The van der Waals surface area contributed by atoms with Crippen LogP contribution in [0.2, 0.25) is 5.02 Å². The fourth-order valence-corrected chi connectivity index (χ4v) is 2.42. The molecule has 2 rings (SSSR count). The Kier molecular flexibility index (Phi) is 5.22. The van der Waals surface area contributed by atoms with Gasteiger partial charge in [0.2, 0.25) is 0 Å². The van der Waals surface area contributed by atoms with Gasteiger partial charge >= 0.3 is 0 Å². The lowest BCUT2D eigenvalue weighted by molar-refractivity contribution is 0.478. The minimum absolute atomic E-state index is 0.200. The Morgan fingerprint density at radius 3 is 2.95 bits per heavy atom. The first-order valence-electron chi connectivity index (χ1n) is 6.95. The first-order chi connectivity index (χ1) is 9.22. The summed E-state index contributed by atoms with van der Waals surface area (Å²) in [6.45, 7) is 4.70. The fourth-order valence-electron chi connectivity index (χ4n) is 2.22. The highest BCUT2D eigenvalue weighted by Crippen LogP contribution is 2.19. The Bertz CT molecular complexity index is 468. The van der Waals surface area contributed by atoms with E-state index in [0.29, 0.717) is 18.3 Å². The van der Waals surface area contributed by atoms with Gasteiger partial charge in [-0.2, -0.15) is 5.10 Å². The van der Waals surface area contributed by atoms with Gasteiger partial charge in [-0.3, -0.25) is 4.79 Å². The molecule has 1 aliphatic rings. The molecule has 2 heterocycles. The van der Waals surface area contributed by atoms with Crippen molar-refractivity contribution in [1.82, 2.24) is 15.1 Å². The van der Waals surface area contributed by atoms with Gasteiger partial charge in [0.05, 0.1) is 11.9 Å². The molecular formula is C13H21ClN4O. The van der Waals surface area contributed by atoms with E-state index in [9.17, 15) is 4.79 Å². The molecule has 1 aromatic rings. The van der Waals surface area contributed by atoms with Gasteiger partial charge in [-0.15, -0.1) is 0 Å². The standard InChI is InChI=1S/C13H21ClN4O/c1-2-3-8-18-13(19)12(14)11(9-16-18)17-10-4-6-15-7-5-10/h9-10,15,17H,2-8H2,1H3. The number of unbranched alkanes of at least 4 members (excludes halogenated alkanes) is 1. The van der Waals surface area contributed by atoms with Crippen molar-refractivity contribution in [2.24, 2.45) is 0 Å². The van der Waals surface area contributed by atoms with Gasteiger partial charge in [-0.1, -0.05) is 24.9 Å². The third kappa shape index (κ3) is 3.70. The van der Waals surface area contributed by atoms with Gasteiger partial charge in [0.15, 0.2) is 0 Å². The number of aromatic nitrogens is 2. The lowest BCUT2D eigenvalue weighted by Gasteiger charge is -2.24. The molecule has 106 valence electrons. The van der Waals surface area contributed by atoms with E-state index >= 15 is 0 Å². The van der Waals surface area contributed by atoms with Crippen molar-refractivity contribution in [2.45, 2.75) is 45.2 Å². The Balaban J connectivity index is 2.09. The molecule has 6 heteroatoms. The number of rotatable bonds is 5. The number of aryl methyl sites for hydroxylation is 1.